The van der Waals surface area contributed by atoms with Crippen molar-refractivity contribution in [3.05, 3.63) is 27.4 Å². The van der Waals surface area contributed by atoms with E-state index in [1.54, 1.807) is 0 Å². The first-order chi connectivity index (χ1) is 6.11. The maximum absolute atomic E-state index is 10.2. The highest BCUT2D eigenvalue weighted by molar-refractivity contribution is 15.0. The van der Waals surface area contributed by atoms with Crippen molar-refractivity contribution >= 4 is 60.3 Å². The van der Waals surface area contributed by atoms with Gasteiger partial charge in [0.25, 0.3) is 0 Å². The molecule has 0 saturated carbocycles. The molecule has 0 radical (unpaired) electrons. The fourth-order valence-electron chi connectivity index (χ4n) is 0.597. The van der Waals surface area contributed by atoms with Crippen molar-refractivity contribution in [3.63, 3.8) is 0 Å². The maximum atomic E-state index is 10.2. The summed E-state index contributed by atoms with van der Waals surface area (Å²) in [5, 5.41) is 10.3. The zero-order chi connectivity index (χ0) is 10.4. The SMILES string of the molecule is II.Nc1nc(Cl)ccc1[N+](=O)[O-]. The number of hydrogen-bond donors (Lipinski definition) is 1. The lowest BCUT2D eigenvalue weighted by atomic mass is 10.4. The third-order valence-corrected chi connectivity index (χ3v) is 1.28. The van der Waals surface area contributed by atoms with Gasteiger partial charge in [-0.15, -0.1) is 0 Å². The van der Waals surface area contributed by atoms with Gasteiger partial charge in [-0.3, -0.25) is 10.1 Å². The van der Waals surface area contributed by atoms with Gasteiger partial charge in [0.2, 0.25) is 5.82 Å². The van der Waals surface area contributed by atoms with Crippen LogP contribution in [0.1, 0.15) is 0 Å². The number of rotatable bonds is 1. The number of anilines is 1. The zero-order valence-corrected chi connectivity index (χ0v) is 11.1. The van der Waals surface area contributed by atoms with Gasteiger partial charge in [-0.05, 0) is 6.07 Å². The smallest absolute Gasteiger partial charge is 0.311 e. The largest absolute Gasteiger partial charge is 0.378 e. The van der Waals surface area contributed by atoms with Crippen molar-refractivity contribution in [1.82, 2.24) is 4.98 Å². The third-order valence-electron chi connectivity index (χ3n) is 1.07. The van der Waals surface area contributed by atoms with Crippen molar-refractivity contribution in [1.29, 1.82) is 0 Å². The Hall–Kier alpha value is 0.1000. The van der Waals surface area contributed by atoms with Gasteiger partial charge >= 0.3 is 5.69 Å². The monoisotopic (exact) mass is 427 g/mol. The van der Waals surface area contributed by atoms with E-state index in [9.17, 15) is 10.1 Å². The molecule has 0 atom stereocenters. The summed E-state index contributed by atoms with van der Waals surface area (Å²) in [5.41, 5.74) is 4.96. The zero-order valence-electron chi connectivity index (χ0n) is 6.08. The van der Waals surface area contributed by atoms with E-state index >= 15 is 0 Å². The van der Waals surface area contributed by atoms with E-state index in [0.717, 1.165) is 0 Å². The molecule has 1 rings (SSSR count). The van der Waals surface area contributed by atoms with Crippen LogP contribution in [0.4, 0.5) is 11.5 Å². The molecule has 0 spiro atoms. The van der Waals surface area contributed by atoms with Crippen molar-refractivity contribution in [2.75, 3.05) is 5.73 Å². The molecule has 72 valence electrons. The molecule has 0 aliphatic heterocycles. The Labute approximate surface area is 103 Å². The van der Waals surface area contributed by atoms with Gasteiger partial charge in [-0.1, -0.05) is 11.6 Å². The van der Waals surface area contributed by atoms with Gasteiger partial charge in [0, 0.05) is 43.3 Å². The fraction of sp³-hybridized carbons (Fsp3) is 0. The first-order valence-electron chi connectivity index (χ1n) is 2.82. The molecular weight excluding hydrogens is 423 g/mol. The molecule has 0 bridgehead atoms. The second-order valence-electron chi connectivity index (χ2n) is 1.80. The van der Waals surface area contributed by atoms with Crippen molar-refractivity contribution in [3.8, 4) is 0 Å². The summed E-state index contributed by atoms with van der Waals surface area (Å²) in [6.07, 6.45) is 0. The van der Waals surface area contributed by atoms with Crippen LogP contribution in [0.15, 0.2) is 12.1 Å². The molecule has 0 amide bonds. The molecule has 0 aliphatic carbocycles. The first kappa shape index (κ1) is 13.1. The minimum atomic E-state index is -0.612. The number of halogens is 3. The molecule has 5 nitrogen and oxygen atoms in total. The maximum Gasteiger partial charge on any atom is 0.311 e. The molecule has 13 heavy (non-hydrogen) atoms. The lowest BCUT2D eigenvalue weighted by Crippen LogP contribution is -1.97. The molecule has 1 aromatic rings. The van der Waals surface area contributed by atoms with Crippen molar-refractivity contribution in [2.45, 2.75) is 0 Å². The van der Waals surface area contributed by atoms with Gasteiger partial charge in [0.05, 0.1) is 4.92 Å². The van der Waals surface area contributed by atoms with E-state index in [0.29, 0.717) is 0 Å². The molecular formula is C5H4ClI2N3O2. The molecule has 1 heterocycles. The number of pyridine rings is 1. The van der Waals surface area contributed by atoms with E-state index in [4.69, 9.17) is 17.3 Å². The summed E-state index contributed by atoms with van der Waals surface area (Å²) >= 11 is 9.65. The first-order valence-corrected chi connectivity index (χ1v) is 9.48. The Bertz CT molecular complexity index is 310. The van der Waals surface area contributed by atoms with E-state index in [1.165, 1.54) is 12.1 Å². The van der Waals surface area contributed by atoms with Gasteiger partial charge in [0.1, 0.15) is 5.15 Å². The quantitative estimate of drug-likeness (QED) is 0.323. The lowest BCUT2D eigenvalue weighted by molar-refractivity contribution is -0.384. The summed E-state index contributed by atoms with van der Waals surface area (Å²) in [6, 6.07) is 2.53. The van der Waals surface area contributed by atoms with Gasteiger partial charge in [0.15, 0.2) is 0 Å². The highest BCUT2D eigenvalue weighted by Gasteiger charge is 2.11. The predicted molar refractivity (Wildman–Crippen MR) is 68.4 cm³/mol. The van der Waals surface area contributed by atoms with Crippen LogP contribution < -0.4 is 5.73 Å². The Morgan fingerprint density at radius 1 is 1.54 bits per heavy atom. The highest BCUT2D eigenvalue weighted by Crippen LogP contribution is 2.20. The van der Waals surface area contributed by atoms with E-state index in [2.05, 4.69) is 42.2 Å². The summed E-state index contributed by atoms with van der Waals surface area (Å²) in [5.74, 6) is -0.164. The lowest BCUT2D eigenvalue weighted by Gasteiger charge is -1.94. The Kier molecular flexibility index (Phi) is 6.59. The standard InChI is InChI=1S/C5H4ClN3O2.I2/c6-4-2-1-3(9(10)11)5(7)8-4;1-2/h1-2H,(H2,7,8);. The van der Waals surface area contributed by atoms with Crippen LogP contribution in [0.25, 0.3) is 0 Å². The highest BCUT2D eigenvalue weighted by atomic mass is 128. The van der Waals surface area contributed by atoms with Crippen molar-refractivity contribution in [2.24, 2.45) is 0 Å². The number of aromatic nitrogens is 1. The number of nitrogens with two attached hydrogens (primary N) is 1. The summed E-state index contributed by atoms with van der Waals surface area (Å²) in [7, 11) is 0. The normalized spacial score (nSPS) is 8.54. The molecule has 0 fully saturated rings. The van der Waals surface area contributed by atoms with Crippen LogP contribution in [0, 0.1) is 10.1 Å². The molecule has 2 N–H and O–H groups in total. The van der Waals surface area contributed by atoms with Crippen LogP contribution in [0.5, 0.6) is 0 Å². The molecule has 8 heteroatoms. The van der Waals surface area contributed by atoms with E-state index in [-0.39, 0.29) is 16.7 Å². The van der Waals surface area contributed by atoms with Crippen LogP contribution in [-0.2, 0) is 0 Å². The Morgan fingerprint density at radius 3 is 2.46 bits per heavy atom. The van der Waals surface area contributed by atoms with Crippen LogP contribution >= 0.6 is 48.8 Å². The topological polar surface area (TPSA) is 82.0 Å². The Morgan fingerprint density at radius 2 is 2.08 bits per heavy atom. The summed E-state index contributed by atoms with van der Waals surface area (Å²) < 4.78 is 0. The number of nitrogen functional groups attached to an aromatic ring is 1. The average molecular weight is 427 g/mol. The van der Waals surface area contributed by atoms with E-state index in [1.807, 2.05) is 0 Å². The summed E-state index contributed by atoms with van der Waals surface area (Å²) in [4.78, 5) is 13.1. The van der Waals surface area contributed by atoms with E-state index < -0.39 is 4.92 Å². The fourth-order valence-corrected chi connectivity index (χ4v) is 0.751. The Balaban J connectivity index is 0.000000671. The molecule has 0 aliphatic rings. The van der Waals surface area contributed by atoms with Crippen LogP contribution in [-0.4, -0.2) is 9.91 Å². The van der Waals surface area contributed by atoms with Crippen LogP contribution in [0.2, 0.25) is 5.15 Å². The van der Waals surface area contributed by atoms with Crippen LogP contribution in [0.3, 0.4) is 0 Å². The van der Waals surface area contributed by atoms with Crippen molar-refractivity contribution < 1.29 is 4.92 Å². The minimum absolute atomic E-state index is 0.146. The number of nitrogens with zero attached hydrogens (tertiary/aromatic N) is 2. The van der Waals surface area contributed by atoms with Gasteiger partial charge in [-0.25, -0.2) is 4.98 Å². The second-order valence-corrected chi connectivity index (χ2v) is 2.18. The summed E-state index contributed by atoms with van der Waals surface area (Å²) in [6.45, 7) is 0. The predicted octanol–water partition coefficient (Wildman–Crippen LogP) is 3.00. The molecule has 0 saturated heterocycles. The second kappa shape index (κ2) is 6.54. The molecule has 0 aromatic carbocycles. The molecule has 1 aromatic heterocycles. The average Bonchev–Trinajstić information content (AvgIpc) is 2.07. The van der Waals surface area contributed by atoms with Gasteiger partial charge in [-0.2, -0.15) is 0 Å². The minimum Gasteiger partial charge on any atom is -0.378 e. The number of hydrogen-bond acceptors (Lipinski definition) is 4. The molecule has 0 unspecified atom stereocenters. The number of nitro groups is 1. The third kappa shape index (κ3) is 4.22. The van der Waals surface area contributed by atoms with Gasteiger partial charge < -0.3 is 5.73 Å².